The molecule has 1 saturated carbocycles. The van der Waals surface area contributed by atoms with Crippen molar-refractivity contribution in [1.82, 2.24) is 20.2 Å². The van der Waals surface area contributed by atoms with Crippen LogP contribution < -0.4 is 15.5 Å². The fourth-order valence-corrected chi connectivity index (χ4v) is 4.15. The highest BCUT2D eigenvalue weighted by atomic mass is 16.5. The van der Waals surface area contributed by atoms with E-state index in [1.807, 2.05) is 24.3 Å². The van der Waals surface area contributed by atoms with Gasteiger partial charge < -0.3 is 25.2 Å². The molecule has 1 saturated heterocycles. The van der Waals surface area contributed by atoms with Gasteiger partial charge in [0.2, 0.25) is 11.9 Å². The van der Waals surface area contributed by atoms with Crippen molar-refractivity contribution >= 4 is 23.6 Å². The molecule has 1 aliphatic carbocycles. The van der Waals surface area contributed by atoms with Gasteiger partial charge in [0.1, 0.15) is 0 Å². The summed E-state index contributed by atoms with van der Waals surface area (Å²) >= 11 is 0. The lowest BCUT2D eigenvalue weighted by molar-refractivity contribution is -0.129. The lowest BCUT2D eigenvalue weighted by Crippen LogP contribution is -2.44. The maximum Gasteiger partial charge on any atom is 0.319 e. The number of carbonyl (C=O) groups excluding carboxylic acids is 2. The molecule has 2 N–H and O–H groups in total. The van der Waals surface area contributed by atoms with E-state index in [1.54, 1.807) is 11.8 Å². The first-order valence-electron chi connectivity index (χ1n) is 11.2. The van der Waals surface area contributed by atoms with E-state index in [2.05, 4.69) is 22.5 Å². The van der Waals surface area contributed by atoms with Crippen molar-refractivity contribution in [3.63, 3.8) is 0 Å². The topological polar surface area (TPSA) is 99.7 Å². The molecule has 2 aromatic rings. The molecule has 3 aliphatic rings. The first-order valence-corrected chi connectivity index (χ1v) is 11.2. The fourth-order valence-electron chi connectivity index (χ4n) is 4.15. The molecule has 1 unspecified atom stereocenters. The van der Waals surface area contributed by atoms with Gasteiger partial charge in [0, 0.05) is 36.3 Å². The second-order valence-corrected chi connectivity index (χ2v) is 8.74. The zero-order valence-electron chi connectivity index (χ0n) is 18.4. The van der Waals surface area contributed by atoms with Crippen molar-refractivity contribution in [2.45, 2.75) is 51.9 Å². The Hall–Kier alpha value is -3.20. The van der Waals surface area contributed by atoms with Crippen LogP contribution in [0.1, 0.15) is 37.9 Å². The van der Waals surface area contributed by atoms with Crippen LogP contribution in [0.5, 0.6) is 0 Å². The van der Waals surface area contributed by atoms with Gasteiger partial charge in [-0.1, -0.05) is 12.1 Å². The third kappa shape index (κ3) is 4.25. The summed E-state index contributed by atoms with van der Waals surface area (Å²) < 4.78 is 5.57. The summed E-state index contributed by atoms with van der Waals surface area (Å²) in [5.41, 5.74) is 4.37. The van der Waals surface area contributed by atoms with E-state index in [0.717, 1.165) is 47.6 Å². The maximum atomic E-state index is 12.0. The molecule has 3 heterocycles. The number of urea groups is 1. The lowest BCUT2D eigenvalue weighted by Gasteiger charge is -2.33. The molecule has 3 amide bonds. The van der Waals surface area contributed by atoms with Gasteiger partial charge in [0.25, 0.3) is 0 Å². The smallest absolute Gasteiger partial charge is 0.319 e. The quantitative estimate of drug-likeness (QED) is 0.764. The van der Waals surface area contributed by atoms with Gasteiger partial charge in [-0.25, -0.2) is 14.8 Å². The van der Waals surface area contributed by atoms with Gasteiger partial charge in [-0.2, -0.15) is 0 Å². The summed E-state index contributed by atoms with van der Waals surface area (Å²) in [6.45, 7) is 6.69. The van der Waals surface area contributed by atoms with E-state index in [0.29, 0.717) is 38.3 Å². The number of rotatable bonds is 4. The Morgan fingerprint density at radius 3 is 2.59 bits per heavy atom. The van der Waals surface area contributed by atoms with Gasteiger partial charge in [0.05, 0.1) is 43.7 Å². The Morgan fingerprint density at radius 1 is 1.12 bits per heavy atom. The Bertz CT molecular complexity index is 1040. The van der Waals surface area contributed by atoms with E-state index >= 15 is 0 Å². The molecule has 168 valence electrons. The number of benzene rings is 1. The summed E-state index contributed by atoms with van der Waals surface area (Å²) in [5, 5.41) is 5.80. The molecule has 0 bridgehead atoms. The summed E-state index contributed by atoms with van der Waals surface area (Å²) in [7, 11) is 0. The SMILES string of the molecule is CC(=O)N1Cc2nc(N3CCOCC3C)nc(-c3ccc(NC(=O)NC4CC4)cc3)c2C1. The minimum atomic E-state index is -0.177. The second kappa shape index (κ2) is 8.38. The number of carbonyl (C=O) groups is 2. The zero-order valence-corrected chi connectivity index (χ0v) is 18.4. The van der Waals surface area contributed by atoms with Gasteiger partial charge in [0.15, 0.2) is 0 Å². The predicted molar refractivity (Wildman–Crippen MR) is 120 cm³/mol. The molecular formula is C23H28N6O3. The predicted octanol–water partition coefficient (Wildman–Crippen LogP) is 2.51. The average molecular weight is 437 g/mol. The molecule has 0 spiro atoms. The minimum Gasteiger partial charge on any atom is -0.377 e. The number of nitrogens with zero attached hydrogens (tertiary/aromatic N) is 4. The third-order valence-electron chi connectivity index (χ3n) is 6.17. The van der Waals surface area contributed by atoms with E-state index in [1.165, 1.54) is 0 Å². The van der Waals surface area contributed by atoms with Crippen molar-refractivity contribution in [3.05, 3.63) is 35.5 Å². The first kappa shape index (κ1) is 20.7. The summed E-state index contributed by atoms with van der Waals surface area (Å²) in [4.78, 5) is 37.8. The van der Waals surface area contributed by atoms with Gasteiger partial charge in [-0.3, -0.25) is 4.79 Å². The van der Waals surface area contributed by atoms with Crippen LogP contribution in [0, 0.1) is 0 Å². The van der Waals surface area contributed by atoms with Crippen molar-refractivity contribution in [1.29, 1.82) is 0 Å². The molecule has 1 atom stereocenters. The molecule has 1 aromatic heterocycles. The highest BCUT2D eigenvalue weighted by Crippen LogP contribution is 2.33. The molecule has 1 aromatic carbocycles. The molecule has 9 heteroatoms. The third-order valence-corrected chi connectivity index (χ3v) is 6.17. The number of morpholine rings is 1. The normalized spacial score (nSPS) is 20.1. The van der Waals surface area contributed by atoms with E-state index in [4.69, 9.17) is 14.7 Å². The lowest BCUT2D eigenvalue weighted by atomic mass is 10.1. The Morgan fingerprint density at radius 2 is 1.91 bits per heavy atom. The molecule has 9 nitrogen and oxygen atoms in total. The average Bonchev–Trinajstić information content (AvgIpc) is 3.47. The van der Waals surface area contributed by atoms with E-state index in [-0.39, 0.29) is 18.0 Å². The fraction of sp³-hybridized carbons (Fsp3) is 0.478. The monoisotopic (exact) mass is 436 g/mol. The van der Waals surface area contributed by atoms with E-state index in [9.17, 15) is 9.59 Å². The van der Waals surface area contributed by atoms with Gasteiger partial charge in [-0.15, -0.1) is 0 Å². The largest absolute Gasteiger partial charge is 0.377 e. The second-order valence-electron chi connectivity index (χ2n) is 8.74. The number of aromatic nitrogens is 2. The Kier molecular flexibility index (Phi) is 5.42. The Labute approximate surface area is 187 Å². The maximum absolute atomic E-state index is 12.0. The number of hydrogen-bond acceptors (Lipinski definition) is 6. The molecule has 5 rings (SSSR count). The van der Waals surface area contributed by atoms with Crippen LogP contribution in [0.3, 0.4) is 0 Å². The molecule has 2 aliphatic heterocycles. The first-order chi connectivity index (χ1) is 15.5. The van der Waals surface area contributed by atoms with Crippen LogP contribution in [-0.4, -0.2) is 58.6 Å². The van der Waals surface area contributed by atoms with Crippen LogP contribution in [0.2, 0.25) is 0 Å². The summed E-state index contributed by atoms with van der Waals surface area (Å²) in [5.74, 6) is 0.697. The highest BCUT2D eigenvalue weighted by molar-refractivity contribution is 5.90. The number of nitrogens with one attached hydrogen (secondary N) is 2. The summed E-state index contributed by atoms with van der Waals surface area (Å²) in [6.07, 6.45) is 2.10. The number of hydrogen-bond donors (Lipinski definition) is 2. The number of ether oxygens (including phenoxy) is 1. The number of fused-ring (bicyclic) bond motifs is 1. The van der Waals surface area contributed by atoms with Gasteiger partial charge in [-0.05, 0) is 31.9 Å². The molecule has 0 radical (unpaired) electrons. The number of amides is 3. The molecule has 2 fully saturated rings. The van der Waals surface area contributed by atoms with Crippen LogP contribution in [0.4, 0.5) is 16.4 Å². The van der Waals surface area contributed by atoms with Crippen LogP contribution in [0.15, 0.2) is 24.3 Å². The zero-order chi connectivity index (χ0) is 22.2. The molecular weight excluding hydrogens is 408 g/mol. The van der Waals surface area contributed by atoms with Crippen LogP contribution in [0.25, 0.3) is 11.3 Å². The van der Waals surface area contributed by atoms with Crippen molar-refractivity contribution in [2.24, 2.45) is 0 Å². The van der Waals surface area contributed by atoms with Crippen molar-refractivity contribution in [2.75, 3.05) is 30.0 Å². The van der Waals surface area contributed by atoms with Crippen LogP contribution >= 0.6 is 0 Å². The summed E-state index contributed by atoms with van der Waals surface area (Å²) in [6, 6.07) is 7.98. The van der Waals surface area contributed by atoms with Crippen LogP contribution in [-0.2, 0) is 22.6 Å². The van der Waals surface area contributed by atoms with Gasteiger partial charge >= 0.3 is 6.03 Å². The standard InChI is InChI=1S/C23H28N6O3/c1-14-13-32-10-9-29(14)22-26-20-12-28(15(2)30)11-19(20)21(27-22)16-3-5-17(6-4-16)24-23(31)25-18-7-8-18/h3-6,14,18H,7-13H2,1-2H3,(H2,24,25,31). The minimum absolute atomic E-state index is 0.0245. The highest BCUT2D eigenvalue weighted by Gasteiger charge is 2.30. The van der Waals surface area contributed by atoms with Crippen molar-refractivity contribution in [3.8, 4) is 11.3 Å². The Balaban J connectivity index is 1.45. The van der Waals surface area contributed by atoms with E-state index < -0.39 is 0 Å². The number of anilines is 2. The van der Waals surface area contributed by atoms with Crippen molar-refractivity contribution < 1.29 is 14.3 Å². The molecule has 32 heavy (non-hydrogen) atoms.